The summed E-state index contributed by atoms with van der Waals surface area (Å²) in [5.74, 6) is 0. The molecule has 0 aliphatic carbocycles. The number of hydrogen-bond donors (Lipinski definition) is 1. The van der Waals surface area contributed by atoms with Crippen LogP contribution in [0.1, 0.15) is 12.5 Å². The van der Waals surface area contributed by atoms with Gasteiger partial charge in [0.1, 0.15) is 0 Å². The smallest absolute Gasteiger partial charge is 0.0559 e. The van der Waals surface area contributed by atoms with Crippen LogP contribution in [0.4, 0.5) is 0 Å². The third-order valence-corrected chi connectivity index (χ3v) is 2.62. The Labute approximate surface area is 101 Å². The van der Waals surface area contributed by atoms with E-state index in [1.165, 1.54) is 5.56 Å². The second-order valence-electron chi connectivity index (χ2n) is 4.36. The van der Waals surface area contributed by atoms with Crippen molar-refractivity contribution in [1.29, 1.82) is 0 Å². The highest BCUT2D eigenvalue weighted by Gasteiger charge is 2.02. The minimum absolute atomic E-state index is 0.409. The lowest BCUT2D eigenvalue weighted by Crippen LogP contribution is -2.33. The van der Waals surface area contributed by atoms with Gasteiger partial charge in [0, 0.05) is 31.2 Å². The molecule has 0 fully saturated rings. The summed E-state index contributed by atoms with van der Waals surface area (Å²) in [4.78, 5) is 0. The molecule has 1 unspecified atom stereocenters. The van der Waals surface area contributed by atoms with Crippen molar-refractivity contribution in [3.63, 3.8) is 0 Å². The Morgan fingerprint density at radius 2 is 2.24 bits per heavy atom. The van der Waals surface area contributed by atoms with Gasteiger partial charge in [0.25, 0.3) is 0 Å². The number of aromatic nitrogens is 4. The van der Waals surface area contributed by atoms with E-state index in [1.54, 1.807) is 6.20 Å². The molecule has 0 bridgehead atoms. The maximum Gasteiger partial charge on any atom is 0.0559 e. The largest absolute Gasteiger partial charge is 0.311 e. The third kappa shape index (κ3) is 3.71. The molecule has 0 saturated heterocycles. The fourth-order valence-electron chi connectivity index (χ4n) is 1.77. The SMILES string of the molecule is Cc1cnn(CCNC(C)Cn2cccn2)c1. The lowest BCUT2D eigenvalue weighted by molar-refractivity contribution is 0.432. The molecule has 2 aromatic heterocycles. The van der Waals surface area contributed by atoms with Crippen LogP contribution in [0.2, 0.25) is 0 Å². The van der Waals surface area contributed by atoms with Crippen LogP contribution in [0, 0.1) is 6.92 Å². The zero-order chi connectivity index (χ0) is 12.1. The Hall–Kier alpha value is -1.62. The molecule has 0 spiro atoms. The third-order valence-electron chi connectivity index (χ3n) is 2.62. The highest BCUT2D eigenvalue weighted by Crippen LogP contribution is 1.94. The number of nitrogens with one attached hydrogen (secondary N) is 1. The van der Waals surface area contributed by atoms with Crippen LogP contribution in [0.15, 0.2) is 30.9 Å². The molecule has 0 saturated carbocycles. The van der Waals surface area contributed by atoms with Crippen LogP contribution in [-0.2, 0) is 13.1 Å². The Balaban J connectivity index is 1.68. The summed E-state index contributed by atoms with van der Waals surface area (Å²) < 4.78 is 3.90. The monoisotopic (exact) mass is 233 g/mol. The van der Waals surface area contributed by atoms with Gasteiger partial charge in [-0.25, -0.2) is 0 Å². The highest BCUT2D eigenvalue weighted by atomic mass is 15.3. The molecule has 0 amide bonds. The Bertz CT molecular complexity index is 431. The normalized spacial score (nSPS) is 12.8. The predicted molar refractivity (Wildman–Crippen MR) is 66.7 cm³/mol. The van der Waals surface area contributed by atoms with Crippen LogP contribution in [0.25, 0.3) is 0 Å². The van der Waals surface area contributed by atoms with Crippen LogP contribution in [-0.4, -0.2) is 32.1 Å². The first-order valence-corrected chi connectivity index (χ1v) is 5.94. The van der Waals surface area contributed by atoms with Crippen molar-refractivity contribution in [3.05, 3.63) is 36.4 Å². The van der Waals surface area contributed by atoms with Gasteiger partial charge in [-0.2, -0.15) is 10.2 Å². The van der Waals surface area contributed by atoms with Gasteiger partial charge in [-0.3, -0.25) is 9.36 Å². The van der Waals surface area contributed by atoms with Crippen LogP contribution < -0.4 is 5.32 Å². The Morgan fingerprint density at radius 1 is 1.35 bits per heavy atom. The molecule has 0 aliphatic rings. The molecule has 2 aromatic rings. The minimum atomic E-state index is 0.409. The lowest BCUT2D eigenvalue weighted by Gasteiger charge is -2.13. The van der Waals surface area contributed by atoms with Gasteiger partial charge >= 0.3 is 0 Å². The number of hydrogen-bond acceptors (Lipinski definition) is 3. The van der Waals surface area contributed by atoms with E-state index in [4.69, 9.17) is 0 Å². The van der Waals surface area contributed by atoms with E-state index >= 15 is 0 Å². The first kappa shape index (κ1) is 11.9. The first-order chi connectivity index (χ1) is 8.24. The summed E-state index contributed by atoms with van der Waals surface area (Å²) in [7, 11) is 0. The van der Waals surface area contributed by atoms with Gasteiger partial charge in [0.15, 0.2) is 0 Å². The summed E-state index contributed by atoms with van der Waals surface area (Å²) in [5, 5.41) is 11.9. The van der Waals surface area contributed by atoms with E-state index in [0.717, 1.165) is 19.6 Å². The maximum absolute atomic E-state index is 4.25. The molecule has 0 aliphatic heterocycles. The van der Waals surface area contributed by atoms with E-state index in [1.807, 2.05) is 27.8 Å². The number of nitrogens with zero attached hydrogens (tertiary/aromatic N) is 4. The van der Waals surface area contributed by atoms with Gasteiger partial charge in [-0.15, -0.1) is 0 Å². The van der Waals surface area contributed by atoms with Crippen molar-refractivity contribution < 1.29 is 0 Å². The molecule has 2 rings (SSSR count). The second kappa shape index (κ2) is 5.63. The van der Waals surface area contributed by atoms with E-state index < -0.39 is 0 Å². The zero-order valence-electron chi connectivity index (χ0n) is 10.4. The Morgan fingerprint density at radius 3 is 2.88 bits per heavy atom. The van der Waals surface area contributed by atoms with Gasteiger partial charge in [0.2, 0.25) is 0 Å². The predicted octanol–water partition coefficient (Wildman–Crippen LogP) is 1.07. The standard InChI is InChI=1S/C12H19N5/c1-11-8-15-17(9-11)7-5-13-12(2)10-16-6-3-4-14-16/h3-4,6,8-9,12-13H,5,7,10H2,1-2H3. The molecule has 1 atom stereocenters. The lowest BCUT2D eigenvalue weighted by atomic mass is 10.3. The number of aryl methyl sites for hydroxylation is 1. The molecule has 0 aromatic carbocycles. The van der Waals surface area contributed by atoms with E-state index in [9.17, 15) is 0 Å². The highest BCUT2D eigenvalue weighted by molar-refractivity contribution is 4.99. The minimum Gasteiger partial charge on any atom is -0.311 e. The van der Waals surface area contributed by atoms with Crippen LogP contribution in [0.3, 0.4) is 0 Å². The molecule has 1 N–H and O–H groups in total. The summed E-state index contributed by atoms with van der Waals surface area (Å²) in [6.45, 7) is 6.93. The van der Waals surface area contributed by atoms with Crippen molar-refractivity contribution in [2.24, 2.45) is 0 Å². The van der Waals surface area contributed by atoms with Gasteiger partial charge in [-0.1, -0.05) is 0 Å². The first-order valence-electron chi connectivity index (χ1n) is 5.94. The summed E-state index contributed by atoms with van der Waals surface area (Å²) in [5.41, 5.74) is 1.20. The molecule has 5 nitrogen and oxygen atoms in total. The molecule has 0 radical (unpaired) electrons. The molecule has 92 valence electrons. The fraction of sp³-hybridized carbons (Fsp3) is 0.500. The molecular formula is C12H19N5. The quantitative estimate of drug-likeness (QED) is 0.811. The van der Waals surface area contributed by atoms with Gasteiger partial charge in [0.05, 0.1) is 19.3 Å². The van der Waals surface area contributed by atoms with Crippen molar-refractivity contribution in [2.75, 3.05) is 6.54 Å². The Kier molecular flexibility index (Phi) is 3.93. The second-order valence-corrected chi connectivity index (χ2v) is 4.36. The molecule has 5 heteroatoms. The van der Waals surface area contributed by atoms with Crippen molar-refractivity contribution in [3.8, 4) is 0 Å². The molecule has 2 heterocycles. The van der Waals surface area contributed by atoms with E-state index in [-0.39, 0.29) is 0 Å². The average Bonchev–Trinajstić information content (AvgIpc) is 2.90. The summed E-state index contributed by atoms with van der Waals surface area (Å²) in [6.07, 6.45) is 7.72. The van der Waals surface area contributed by atoms with Crippen molar-refractivity contribution >= 4 is 0 Å². The van der Waals surface area contributed by atoms with E-state index in [2.05, 4.69) is 35.6 Å². The van der Waals surface area contributed by atoms with Gasteiger partial charge < -0.3 is 5.32 Å². The molecule has 17 heavy (non-hydrogen) atoms. The van der Waals surface area contributed by atoms with Crippen LogP contribution >= 0.6 is 0 Å². The van der Waals surface area contributed by atoms with Crippen molar-refractivity contribution in [2.45, 2.75) is 33.0 Å². The van der Waals surface area contributed by atoms with E-state index in [0.29, 0.717) is 6.04 Å². The maximum atomic E-state index is 4.25. The molecular weight excluding hydrogens is 214 g/mol. The van der Waals surface area contributed by atoms with Crippen LogP contribution in [0.5, 0.6) is 0 Å². The zero-order valence-corrected chi connectivity index (χ0v) is 10.4. The van der Waals surface area contributed by atoms with Gasteiger partial charge in [-0.05, 0) is 25.5 Å². The topological polar surface area (TPSA) is 47.7 Å². The fourth-order valence-corrected chi connectivity index (χ4v) is 1.77. The summed E-state index contributed by atoms with van der Waals surface area (Å²) in [6, 6.07) is 2.35. The number of rotatable bonds is 6. The summed E-state index contributed by atoms with van der Waals surface area (Å²) >= 11 is 0. The van der Waals surface area contributed by atoms with Crippen molar-refractivity contribution in [1.82, 2.24) is 24.9 Å². The average molecular weight is 233 g/mol.